The van der Waals surface area contributed by atoms with E-state index in [2.05, 4.69) is 27.1 Å². The van der Waals surface area contributed by atoms with Gasteiger partial charge in [-0.1, -0.05) is 30.7 Å². The minimum atomic E-state index is 0.0361. The van der Waals surface area contributed by atoms with Gasteiger partial charge in [0.05, 0.1) is 28.7 Å². The monoisotopic (exact) mass is 424 g/mol. The Hall–Kier alpha value is -2.80. The first-order chi connectivity index (χ1) is 14.5. The van der Waals surface area contributed by atoms with E-state index >= 15 is 0 Å². The first kappa shape index (κ1) is 20.5. The lowest BCUT2D eigenvalue weighted by molar-refractivity contribution is 0.0497. The van der Waals surface area contributed by atoms with Gasteiger partial charge >= 0.3 is 0 Å². The smallest absolute Gasteiger partial charge is 0.256 e. The Labute approximate surface area is 181 Å². The molecule has 7 nitrogen and oxygen atoms in total. The molecule has 1 fully saturated rings. The van der Waals surface area contributed by atoms with Crippen molar-refractivity contribution >= 4 is 17.5 Å². The number of likely N-dealkylation sites (tertiary alicyclic amines) is 1. The van der Waals surface area contributed by atoms with Crippen LogP contribution in [0.15, 0.2) is 43.0 Å². The molecule has 8 heteroatoms. The summed E-state index contributed by atoms with van der Waals surface area (Å²) in [5.74, 6) is 1.20. The molecule has 0 unspecified atom stereocenters. The van der Waals surface area contributed by atoms with Gasteiger partial charge in [0, 0.05) is 31.4 Å². The summed E-state index contributed by atoms with van der Waals surface area (Å²) in [6.07, 6.45) is 10.1. The van der Waals surface area contributed by atoms with Crippen LogP contribution in [0, 0.1) is 12.8 Å². The molecule has 2 atom stereocenters. The second-order valence-corrected chi connectivity index (χ2v) is 8.27. The number of benzene rings is 1. The van der Waals surface area contributed by atoms with Gasteiger partial charge in [-0.15, -0.1) is 0 Å². The molecular weight excluding hydrogens is 400 g/mol. The summed E-state index contributed by atoms with van der Waals surface area (Å²) in [6.45, 7) is 4.93. The number of amides is 1. The van der Waals surface area contributed by atoms with Crippen molar-refractivity contribution in [1.29, 1.82) is 0 Å². The Bertz CT molecular complexity index is 1000. The van der Waals surface area contributed by atoms with Crippen LogP contribution in [0.1, 0.15) is 47.9 Å². The molecule has 1 aliphatic rings. The average molecular weight is 425 g/mol. The summed E-state index contributed by atoms with van der Waals surface area (Å²) in [7, 11) is 0. The lowest BCUT2D eigenvalue weighted by Crippen LogP contribution is -2.48. The van der Waals surface area contributed by atoms with Crippen LogP contribution in [0.5, 0.6) is 0 Å². The Morgan fingerprint density at radius 3 is 2.67 bits per heavy atom. The zero-order valence-corrected chi connectivity index (χ0v) is 18.0. The molecule has 0 saturated carbocycles. The molecule has 0 N–H and O–H groups in total. The summed E-state index contributed by atoms with van der Waals surface area (Å²) in [5, 5.41) is 9.01. The van der Waals surface area contributed by atoms with Gasteiger partial charge in [-0.2, -0.15) is 15.0 Å². The van der Waals surface area contributed by atoms with Crippen molar-refractivity contribution in [2.45, 2.75) is 45.6 Å². The molecule has 156 valence electrons. The minimum absolute atomic E-state index is 0.0361. The lowest BCUT2D eigenvalue weighted by Gasteiger charge is -2.40. The Balaban J connectivity index is 1.61. The van der Waals surface area contributed by atoms with Gasteiger partial charge in [0.1, 0.15) is 5.82 Å². The molecule has 1 aromatic carbocycles. The third kappa shape index (κ3) is 4.21. The maximum Gasteiger partial charge on any atom is 0.256 e. The molecule has 1 aliphatic heterocycles. The van der Waals surface area contributed by atoms with Crippen LogP contribution >= 0.6 is 11.6 Å². The van der Waals surface area contributed by atoms with Gasteiger partial charge < -0.3 is 4.90 Å². The predicted molar refractivity (Wildman–Crippen MR) is 115 cm³/mol. The molecule has 1 saturated heterocycles. The van der Waals surface area contributed by atoms with Crippen molar-refractivity contribution in [3.63, 3.8) is 0 Å². The van der Waals surface area contributed by atoms with Gasteiger partial charge in [0.25, 0.3) is 5.91 Å². The summed E-state index contributed by atoms with van der Waals surface area (Å²) in [4.78, 5) is 25.9. The van der Waals surface area contributed by atoms with Gasteiger partial charge in [-0.05, 0) is 43.7 Å². The SMILES string of the molecule is Cc1cccc(-n2nccn2)c1C(=O)N1CCC[C@@H](C)[C@H]1CCc1ncc(Cl)cn1. The molecule has 0 spiro atoms. The third-order valence-corrected chi connectivity index (χ3v) is 6.01. The Morgan fingerprint density at radius 2 is 1.93 bits per heavy atom. The van der Waals surface area contributed by atoms with E-state index in [1.54, 1.807) is 24.8 Å². The molecule has 3 heterocycles. The standard InChI is InChI=1S/C22H25ClN6O/c1-15-6-4-12-28(18(15)8-9-20-24-13-17(23)14-25-20)22(30)21-16(2)5-3-7-19(21)29-26-10-11-27-29/h3,5,7,10-11,13-15,18H,4,6,8-9,12H2,1-2H3/t15-,18-/m1/s1. The topological polar surface area (TPSA) is 76.8 Å². The molecule has 0 aliphatic carbocycles. The first-order valence-electron chi connectivity index (χ1n) is 10.3. The lowest BCUT2D eigenvalue weighted by atomic mass is 9.87. The summed E-state index contributed by atoms with van der Waals surface area (Å²) < 4.78 is 0. The molecule has 2 aromatic heterocycles. The van der Waals surface area contributed by atoms with Crippen molar-refractivity contribution in [3.8, 4) is 5.69 Å². The maximum atomic E-state index is 13.8. The third-order valence-electron chi connectivity index (χ3n) is 5.81. The van der Waals surface area contributed by atoms with Gasteiger partial charge in [-0.3, -0.25) is 4.79 Å². The molecule has 30 heavy (non-hydrogen) atoms. The fourth-order valence-corrected chi connectivity index (χ4v) is 4.37. The van der Waals surface area contributed by atoms with Crippen LogP contribution in [0.4, 0.5) is 0 Å². The quantitative estimate of drug-likeness (QED) is 0.620. The number of piperidine rings is 1. The van der Waals surface area contributed by atoms with Crippen LogP contribution in [-0.4, -0.2) is 48.4 Å². The Morgan fingerprint density at radius 1 is 1.20 bits per heavy atom. The van der Waals surface area contributed by atoms with Crippen molar-refractivity contribution in [2.24, 2.45) is 5.92 Å². The predicted octanol–water partition coefficient (Wildman–Crippen LogP) is 3.89. The Kier molecular flexibility index (Phi) is 6.08. The van der Waals surface area contributed by atoms with Crippen LogP contribution in [0.25, 0.3) is 5.69 Å². The van der Waals surface area contributed by atoms with E-state index in [4.69, 9.17) is 11.6 Å². The molecule has 1 amide bonds. The van der Waals surface area contributed by atoms with Crippen molar-refractivity contribution < 1.29 is 4.79 Å². The fourth-order valence-electron chi connectivity index (χ4n) is 4.27. The van der Waals surface area contributed by atoms with Crippen LogP contribution in [0.3, 0.4) is 0 Å². The average Bonchev–Trinajstić information content (AvgIpc) is 3.28. The van der Waals surface area contributed by atoms with Gasteiger partial charge in [0.15, 0.2) is 0 Å². The normalized spacial score (nSPS) is 19.1. The number of halogens is 1. The molecular formula is C22H25ClN6O. The summed E-state index contributed by atoms with van der Waals surface area (Å²) in [5.41, 5.74) is 2.30. The van der Waals surface area contributed by atoms with Crippen LogP contribution in [0.2, 0.25) is 5.02 Å². The maximum absolute atomic E-state index is 13.8. The number of nitrogens with zero attached hydrogens (tertiary/aromatic N) is 6. The van der Waals surface area contributed by atoms with E-state index in [9.17, 15) is 4.79 Å². The highest BCUT2D eigenvalue weighted by Crippen LogP contribution is 2.30. The summed E-state index contributed by atoms with van der Waals surface area (Å²) >= 11 is 5.90. The second-order valence-electron chi connectivity index (χ2n) is 7.83. The van der Waals surface area contributed by atoms with E-state index in [0.717, 1.165) is 37.2 Å². The zero-order valence-electron chi connectivity index (χ0n) is 17.2. The highest BCUT2D eigenvalue weighted by molar-refractivity contribution is 6.30. The molecule has 4 rings (SSSR count). The fraction of sp³-hybridized carbons (Fsp3) is 0.409. The number of rotatable bonds is 5. The van der Waals surface area contributed by atoms with Crippen LogP contribution in [-0.2, 0) is 6.42 Å². The van der Waals surface area contributed by atoms with E-state index in [-0.39, 0.29) is 11.9 Å². The number of aromatic nitrogens is 5. The molecule has 0 bridgehead atoms. The largest absolute Gasteiger partial charge is 0.335 e. The molecule has 0 radical (unpaired) electrons. The summed E-state index contributed by atoms with van der Waals surface area (Å²) in [6, 6.07) is 5.91. The van der Waals surface area contributed by atoms with E-state index < -0.39 is 0 Å². The minimum Gasteiger partial charge on any atom is -0.335 e. The highest BCUT2D eigenvalue weighted by Gasteiger charge is 2.34. The number of aryl methyl sites for hydroxylation is 2. The molecule has 3 aromatic rings. The zero-order chi connectivity index (χ0) is 21.1. The number of carbonyl (C=O) groups is 1. The van der Waals surface area contributed by atoms with Crippen molar-refractivity contribution in [3.05, 3.63) is 65.0 Å². The number of carbonyl (C=O) groups excluding carboxylic acids is 1. The van der Waals surface area contributed by atoms with Crippen molar-refractivity contribution in [1.82, 2.24) is 29.9 Å². The van der Waals surface area contributed by atoms with Crippen LogP contribution < -0.4 is 0 Å². The van der Waals surface area contributed by atoms with E-state index in [0.29, 0.717) is 28.6 Å². The van der Waals surface area contributed by atoms with E-state index in [1.165, 1.54) is 4.80 Å². The highest BCUT2D eigenvalue weighted by atomic mass is 35.5. The number of hydrogen-bond acceptors (Lipinski definition) is 5. The van der Waals surface area contributed by atoms with Gasteiger partial charge in [-0.25, -0.2) is 9.97 Å². The van der Waals surface area contributed by atoms with Crippen molar-refractivity contribution in [2.75, 3.05) is 6.54 Å². The second kappa shape index (κ2) is 8.92. The van der Waals surface area contributed by atoms with Gasteiger partial charge in [0.2, 0.25) is 0 Å². The number of hydrogen-bond donors (Lipinski definition) is 0. The first-order valence-corrected chi connectivity index (χ1v) is 10.7. The van der Waals surface area contributed by atoms with E-state index in [1.807, 2.05) is 30.0 Å².